The number of hydrogen-bond donors (Lipinski definition) is 1. The number of sulfonamides is 1. The van der Waals surface area contributed by atoms with Crippen molar-refractivity contribution in [1.82, 2.24) is 4.31 Å². The van der Waals surface area contributed by atoms with Crippen molar-refractivity contribution in [3.63, 3.8) is 0 Å². The zero-order valence-corrected chi connectivity index (χ0v) is 11.9. The Bertz CT molecular complexity index is 614. The van der Waals surface area contributed by atoms with Gasteiger partial charge in [-0.05, 0) is 18.2 Å². The van der Waals surface area contributed by atoms with Gasteiger partial charge in [-0.2, -0.15) is 0 Å². The minimum absolute atomic E-state index is 0.0283. The first-order chi connectivity index (χ1) is 9.48. The molecule has 8 heteroatoms. The molecule has 0 saturated carbocycles. The van der Waals surface area contributed by atoms with Crippen LogP contribution in [0.1, 0.15) is 10.4 Å². The minimum Gasteiger partial charge on any atom is -0.399 e. The molecular weight excluding hydrogens is 284 g/mol. The Morgan fingerprint density at radius 2 is 2.00 bits per heavy atom. The lowest BCUT2D eigenvalue weighted by molar-refractivity contribution is 0.0608. The van der Waals surface area contributed by atoms with Crippen molar-refractivity contribution < 1.29 is 22.7 Å². The minimum atomic E-state index is -3.82. The van der Waals surface area contributed by atoms with Gasteiger partial charge >= 0.3 is 0 Å². The van der Waals surface area contributed by atoms with Crippen LogP contribution in [0.3, 0.4) is 0 Å². The van der Waals surface area contributed by atoms with Crippen molar-refractivity contribution in [2.45, 2.75) is 4.90 Å². The average Bonchev–Trinajstić information content (AvgIpc) is 2.59. The summed E-state index contributed by atoms with van der Waals surface area (Å²) in [5.41, 5.74) is 6.02. The van der Waals surface area contributed by atoms with Crippen molar-refractivity contribution in [2.75, 3.05) is 39.2 Å². The highest BCUT2D eigenvalue weighted by atomic mass is 32.2. The van der Waals surface area contributed by atoms with Crippen molar-refractivity contribution in [3.8, 4) is 0 Å². The van der Waals surface area contributed by atoms with Crippen molar-refractivity contribution in [1.29, 1.82) is 0 Å². The summed E-state index contributed by atoms with van der Waals surface area (Å²) in [7, 11) is -2.28. The third-order valence-corrected chi connectivity index (χ3v) is 4.72. The van der Waals surface area contributed by atoms with Crippen LogP contribution in [0.15, 0.2) is 23.1 Å². The maximum Gasteiger partial charge on any atom is 0.269 e. The van der Waals surface area contributed by atoms with Gasteiger partial charge in [-0.3, -0.25) is 4.79 Å². The molecule has 0 bridgehead atoms. The summed E-state index contributed by atoms with van der Waals surface area (Å²) in [6.07, 6.45) is 0. The number of rotatable bonds is 6. The molecule has 0 atom stereocenters. The molecule has 1 aliphatic heterocycles. The maximum atomic E-state index is 12.2. The largest absolute Gasteiger partial charge is 0.399 e. The Morgan fingerprint density at radius 3 is 2.70 bits per heavy atom. The van der Waals surface area contributed by atoms with Gasteiger partial charge in [0.2, 0.25) is 0 Å². The first-order valence-corrected chi connectivity index (χ1v) is 7.46. The molecule has 0 aliphatic carbocycles. The fourth-order valence-corrected chi connectivity index (χ4v) is 3.49. The Labute approximate surface area is 117 Å². The van der Waals surface area contributed by atoms with Crippen LogP contribution in [-0.2, 0) is 19.5 Å². The standard InChI is InChI=1S/C12H16N2O5S/c1-18-6-7-19-5-4-14-12(15)10-3-2-9(13)8-11(10)20(14,16)17/h2-3,8H,4-7,13H2,1H3. The first-order valence-electron chi connectivity index (χ1n) is 6.01. The van der Waals surface area contributed by atoms with E-state index in [1.807, 2.05) is 0 Å². The molecule has 1 aliphatic rings. The third-order valence-electron chi connectivity index (χ3n) is 2.90. The molecule has 1 amide bonds. The van der Waals surface area contributed by atoms with Crippen molar-refractivity contribution in [3.05, 3.63) is 23.8 Å². The molecule has 1 aromatic carbocycles. The number of nitrogen functional groups attached to an aromatic ring is 1. The lowest BCUT2D eigenvalue weighted by Gasteiger charge is -2.14. The van der Waals surface area contributed by atoms with E-state index in [4.69, 9.17) is 15.2 Å². The maximum absolute atomic E-state index is 12.2. The van der Waals surface area contributed by atoms with Crippen LogP contribution in [0.2, 0.25) is 0 Å². The van der Waals surface area contributed by atoms with E-state index in [0.717, 1.165) is 4.31 Å². The van der Waals surface area contributed by atoms with Crippen LogP contribution in [0.25, 0.3) is 0 Å². The van der Waals surface area contributed by atoms with E-state index in [1.165, 1.54) is 18.2 Å². The van der Waals surface area contributed by atoms with Gasteiger partial charge in [0.05, 0.1) is 31.9 Å². The lowest BCUT2D eigenvalue weighted by Crippen LogP contribution is -2.33. The molecule has 1 aromatic rings. The Morgan fingerprint density at radius 1 is 1.25 bits per heavy atom. The number of anilines is 1. The Balaban J connectivity index is 2.11. The Hall–Kier alpha value is -1.64. The summed E-state index contributed by atoms with van der Waals surface area (Å²) in [6.45, 7) is 0.854. The lowest BCUT2D eigenvalue weighted by atomic mass is 10.2. The Kier molecular flexibility index (Phi) is 4.26. The zero-order valence-electron chi connectivity index (χ0n) is 11.0. The SMILES string of the molecule is COCCOCCN1C(=O)c2ccc(N)cc2S1(=O)=O. The van der Waals surface area contributed by atoms with Gasteiger partial charge in [-0.25, -0.2) is 12.7 Å². The smallest absolute Gasteiger partial charge is 0.269 e. The predicted molar refractivity (Wildman–Crippen MR) is 71.8 cm³/mol. The molecule has 110 valence electrons. The molecule has 2 N–H and O–H groups in total. The van der Waals surface area contributed by atoms with Gasteiger partial charge in [-0.15, -0.1) is 0 Å². The van der Waals surface area contributed by atoms with E-state index in [9.17, 15) is 13.2 Å². The zero-order chi connectivity index (χ0) is 14.8. The number of hydrogen-bond acceptors (Lipinski definition) is 6. The van der Waals surface area contributed by atoms with Crippen molar-refractivity contribution >= 4 is 21.6 Å². The van der Waals surface area contributed by atoms with Crippen LogP contribution < -0.4 is 5.73 Å². The van der Waals surface area contributed by atoms with E-state index in [2.05, 4.69) is 0 Å². The van der Waals surface area contributed by atoms with Crippen LogP contribution in [0.4, 0.5) is 5.69 Å². The summed E-state index contributed by atoms with van der Waals surface area (Å²) in [5.74, 6) is -0.546. The second-order valence-corrected chi connectivity index (χ2v) is 6.07. The predicted octanol–water partition coefficient (Wildman–Crippen LogP) is 0.0763. The van der Waals surface area contributed by atoms with E-state index in [0.29, 0.717) is 18.9 Å². The van der Waals surface area contributed by atoms with E-state index in [-0.39, 0.29) is 23.6 Å². The number of fused-ring (bicyclic) bond motifs is 1. The summed E-state index contributed by atoms with van der Waals surface area (Å²) in [4.78, 5) is 12.0. The van der Waals surface area contributed by atoms with Crippen LogP contribution in [-0.4, -0.2) is 52.1 Å². The van der Waals surface area contributed by atoms with Gasteiger partial charge in [0, 0.05) is 12.8 Å². The summed E-state index contributed by atoms with van der Waals surface area (Å²) < 4.78 is 35.3. The van der Waals surface area contributed by atoms with Crippen molar-refractivity contribution in [2.24, 2.45) is 0 Å². The van der Waals surface area contributed by atoms with Gasteiger partial charge in [0.1, 0.15) is 4.90 Å². The number of nitrogens with two attached hydrogens (primary N) is 1. The second-order valence-electron chi connectivity index (χ2n) is 4.24. The fraction of sp³-hybridized carbons (Fsp3) is 0.417. The van der Waals surface area contributed by atoms with Gasteiger partial charge in [0.15, 0.2) is 0 Å². The first kappa shape index (κ1) is 14.8. The summed E-state index contributed by atoms with van der Waals surface area (Å²) in [6, 6.07) is 4.23. The second kappa shape index (κ2) is 5.78. The number of carbonyl (C=O) groups is 1. The van der Waals surface area contributed by atoms with Crippen LogP contribution in [0.5, 0.6) is 0 Å². The van der Waals surface area contributed by atoms with Gasteiger partial charge < -0.3 is 15.2 Å². The average molecular weight is 300 g/mol. The molecule has 0 aromatic heterocycles. The molecule has 0 saturated heterocycles. The van der Waals surface area contributed by atoms with Crippen LogP contribution in [0, 0.1) is 0 Å². The van der Waals surface area contributed by atoms with Gasteiger partial charge in [-0.1, -0.05) is 0 Å². The molecular formula is C12H16N2O5S. The number of amides is 1. The molecule has 0 radical (unpaired) electrons. The highest BCUT2D eigenvalue weighted by Gasteiger charge is 2.40. The molecule has 7 nitrogen and oxygen atoms in total. The number of nitrogens with zero attached hydrogens (tertiary/aromatic N) is 1. The summed E-state index contributed by atoms with van der Waals surface area (Å²) >= 11 is 0. The summed E-state index contributed by atoms with van der Waals surface area (Å²) in [5, 5.41) is 0. The highest BCUT2D eigenvalue weighted by molar-refractivity contribution is 7.90. The van der Waals surface area contributed by atoms with E-state index in [1.54, 1.807) is 7.11 Å². The molecule has 0 fully saturated rings. The van der Waals surface area contributed by atoms with Crippen LogP contribution >= 0.6 is 0 Å². The number of benzene rings is 1. The number of ether oxygens (including phenoxy) is 2. The van der Waals surface area contributed by atoms with E-state index < -0.39 is 15.9 Å². The molecule has 20 heavy (non-hydrogen) atoms. The molecule has 0 unspecified atom stereocenters. The number of methoxy groups -OCH3 is 1. The molecule has 2 rings (SSSR count). The normalized spacial score (nSPS) is 16.4. The third kappa shape index (κ3) is 2.62. The monoisotopic (exact) mass is 300 g/mol. The molecule has 1 heterocycles. The highest BCUT2D eigenvalue weighted by Crippen LogP contribution is 2.31. The fourth-order valence-electron chi connectivity index (χ4n) is 1.90. The van der Waals surface area contributed by atoms with Gasteiger partial charge in [0.25, 0.3) is 15.9 Å². The van der Waals surface area contributed by atoms with E-state index >= 15 is 0 Å². The molecule has 0 spiro atoms. The quantitative estimate of drug-likeness (QED) is 0.590. The topological polar surface area (TPSA) is 98.9 Å². The number of carbonyl (C=O) groups excluding carboxylic acids is 1.